The summed E-state index contributed by atoms with van der Waals surface area (Å²) in [7, 11) is 0. The summed E-state index contributed by atoms with van der Waals surface area (Å²) in [6.07, 6.45) is 1.63. The number of amides is 1. The minimum atomic E-state index is -0.158. The number of hydrogen-bond donors (Lipinski definition) is 2. The number of carbonyl (C=O) groups is 1. The lowest BCUT2D eigenvalue weighted by atomic mass is 10.1. The highest BCUT2D eigenvalue weighted by Crippen LogP contribution is 2.24. The Kier molecular flexibility index (Phi) is 4.56. The van der Waals surface area contributed by atoms with Crippen molar-refractivity contribution >= 4 is 5.91 Å². The van der Waals surface area contributed by atoms with Crippen molar-refractivity contribution in [3.05, 3.63) is 35.4 Å². The number of nitrogens with one attached hydrogen (secondary N) is 1. The van der Waals surface area contributed by atoms with Gasteiger partial charge in [-0.1, -0.05) is 31.2 Å². The van der Waals surface area contributed by atoms with Gasteiger partial charge in [0.15, 0.2) is 0 Å². The molecular formula is C15H23N3O. The molecule has 0 aromatic heterocycles. The van der Waals surface area contributed by atoms with E-state index in [9.17, 15) is 4.79 Å². The van der Waals surface area contributed by atoms with E-state index < -0.39 is 0 Å². The van der Waals surface area contributed by atoms with Crippen LogP contribution in [0.2, 0.25) is 0 Å². The fraction of sp³-hybridized carbons (Fsp3) is 0.533. The quantitative estimate of drug-likeness (QED) is 0.490. The van der Waals surface area contributed by atoms with Crippen molar-refractivity contribution < 1.29 is 4.79 Å². The summed E-state index contributed by atoms with van der Waals surface area (Å²) in [6.45, 7) is 6.78. The van der Waals surface area contributed by atoms with E-state index in [1.54, 1.807) is 0 Å². The van der Waals surface area contributed by atoms with Gasteiger partial charge in [0.05, 0.1) is 6.42 Å². The van der Waals surface area contributed by atoms with Gasteiger partial charge < -0.3 is 0 Å². The van der Waals surface area contributed by atoms with Crippen LogP contribution in [-0.2, 0) is 17.8 Å². The first-order valence-electron chi connectivity index (χ1n) is 6.89. The number of hydrogen-bond acceptors (Lipinski definition) is 3. The average Bonchev–Trinajstić information content (AvgIpc) is 2.70. The maximum atomic E-state index is 11.2. The molecule has 104 valence electrons. The maximum absolute atomic E-state index is 11.2. The number of likely N-dealkylation sites (tertiary alicyclic amines) is 1. The Morgan fingerprint density at radius 3 is 2.47 bits per heavy atom. The second kappa shape index (κ2) is 6.17. The zero-order valence-electron chi connectivity index (χ0n) is 11.7. The maximum Gasteiger partial charge on any atom is 0.238 e. The molecule has 0 saturated carbocycles. The van der Waals surface area contributed by atoms with Crippen LogP contribution in [0.3, 0.4) is 0 Å². The lowest BCUT2D eigenvalue weighted by Gasteiger charge is -2.21. The van der Waals surface area contributed by atoms with E-state index in [2.05, 4.69) is 36.3 Å². The van der Waals surface area contributed by atoms with Crippen molar-refractivity contribution in [3.63, 3.8) is 0 Å². The van der Waals surface area contributed by atoms with Gasteiger partial charge in [-0.05, 0) is 30.4 Å². The van der Waals surface area contributed by atoms with E-state index in [-0.39, 0.29) is 5.91 Å². The first-order chi connectivity index (χ1) is 9.08. The molecule has 1 aromatic rings. The molecule has 3 N–H and O–H groups in total. The molecule has 2 rings (SSSR count). The highest BCUT2D eigenvalue weighted by atomic mass is 16.2. The topological polar surface area (TPSA) is 58.4 Å². The van der Waals surface area contributed by atoms with E-state index in [1.165, 1.54) is 18.5 Å². The van der Waals surface area contributed by atoms with Gasteiger partial charge in [0.25, 0.3) is 0 Å². The molecule has 1 aliphatic rings. The van der Waals surface area contributed by atoms with Crippen molar-refractivity contribution in [1.82, 2.24) is 10.3 Å². The molecular weight excluding hydrogens is 238 g/mol. The van der Waals surface area contributed by atoms with Gasteiger partial charge in [-0.25, -0.2) is 5.84 Å². The highest BCUT2D eigenvalue weighted by molar-refractivity contribution is 5.77. The zero-order valence-corrected chi connectivity index (χ0v) is 11.7. The van der Waals surface area contributed by atoms with Crippen LogP contribution in [0.1, 0.15) is 31.4 Å². The SMILES string of the molecule is CC1CC(C)N(Cc2ccc(CC(=O)NN)cc2)C1. The molecule has 1 aromatic carbocycles. The average molecular weight is 261 g/mol. The smallest absolute Gasteiger partial charge is 0.238 e. The molecule has 1 aliphatic heterocycles. The Bertz CT molecular complexity index is 430. The summed E-state index contributed by atoms with van der Waals surface area (Å²) in [5, 5.41) is 0. The van der Waals surface area contributed by atoms with Crippen molar-refractivity contribution in [2.45, 2.75) is 39.3 Å². The normalized spacial score (nSPS) is 23.5. The van der Waals surface area contributed by atoms with Crippen molar-refractivity contribution in [2.24, 2.45) is 11.8 Å². The van der Waals surface area contributed by atoms with Crippen molar-refractivity contribution in [3.8, 4) is 0 Å². The molecule has 2 unspecified atom stereocenters. The molecule has 0 radical (unpaired) electrons. The van der Waals surface area contributed by atoms with Crippen LogP contribution in [0.4, 0.5) is 0 Å². The predicted octanol–water partition coefficient (Wildman–Crippen LogP) is 1.45. The number of nitrogens with two attached hydrogens (primary N) is 1. The fourth-order valence-electron chi connectivity index (χ4n) is 2.84. The molecule has 4 nitrogen and oxygen atoms in total. The van der Waals surface area contributed by atoms with Crippen LogP contribution in [0.5, 0.6) is 0 Å². The third-order valence-electron chi connectivity index (χ3n) is 3.85. The highest BCUT2D eigenvalue weighted by Gasteiger charge is 2.25. The zero-order chi connectivity index (χ0) is 13.8. The Hall–Kier alpha value is -1.39. The Balaban J connectivity index is 1.93. The van der Waals surface area contributed by atoms with Crippen molar-refractivity contribution in [2.75, 3.05) is 6.54 Å². The molecule has 0 spiro atoms. The van der Waals surface area contributed by atoms with E-state index in [4.69, 9.17) is 5.84 Å². The number of hydrazine groups is 1. The number of benzene rings is 1. The number of carbonyl (C=O) groups excluding carboxylic acids is 1. The lowest BCUT2D eigenvalue weighted by Crippen LogP contribution is -2.31. The molecule has 1 amide bonds. The van der Waals surface area contributed by atoms with Crippen LogP contribution in [0.15, 0.2) is 24.3 Å². The van der Waals surface area contributed by atoms with Crippen molar-refractivity contribution in [1.29, 1.82) is 0 Å². The minimum Gasteiger partial charge on any atom is -0.296 e. The standard InChI is InChI=1S/C15H23N3O/c1-11-7-12(2)18(9-11)10-14-5-3-13(4-6-14)8-15(19)17-16/h3-6,11-12H,7-10,16H2,1-2H3,(H,17,19). The van der Waals surface area contributed by atoms with Gasteiger partial charge in [-0.2, -0.15) is 0 Å². The minimum absolute atomic E-state index is 0.158. The van der Waals surface area contributed by atoms with Crippen LogP contribution < -0.4 is 11.3 Å². The number of nitrogens with zero attached hydrogens (tertiary/aromatic N) is 1. The second-order valence-corrected chi connectivity index (χ2v) is 5.68. The largest absolute Gasteiger partial charge is 0.296 e. The first-order valence-corrected chi connectivity index (χ1v) is 6.89. The van der Waals surface area contributed by atoms with E-state index in [1.807, 2.05) is 12.1 Å². The Labute approximate surface area is 114 Å². The van der Waals surface area contributed by atoms with Gasteiger partial charge in [0.1, 0.15) is 0 Å². The summed E-state index contributed by atoms with van der Waals surface area (Å²) in [5.41, 5.74) is 4.45. The summed E-state index contributed by atoms with van der Waals surface area (Å²) in [6, 6.07) is 8.89. The van der Waals surface area contributed by atoms with Gasteiger partial charge in [0.2, 0.25) is 5.91 Å². The Morgan fingerprint density at radius 1 is 1.32 bits per heavy atom. The molecule has 1 heterocycles. The van der Waals surface area contributed by atoms with E-state index in [0.29, 0.717) is 12.5 Å². The third-order valence-corrected chi connectivity index (χ3v) is 3.85. The first kappa shape index (κ1) is 14.0. The molecule has 0 aliphatic carbocycles. The third kappa shape index (κ3) is 3.78. The van der Waals surface area contributed by atoms with Crippen LogP contribution in [0.25, 0.3) is 0 Å². The predicted molar refractivity (Wildman–Crippen MR) is 76.1 cm³/mol. The monoisotopic (exact) mass is 261 g/mol. The van der Waals surface area contributed by atoms with Gasteiger partial charge >= 0.3 is 0 Å². The summed E-state index contributed by atoms with van der Waals surface area (Å²) < 4.78 is 0. The van der Waals surface area contributed by atoms with Crippen LogP contribution in [0, 0.1) is 5.92 Å². The van der Waals surface area contributed by atoms with Crippen LogP contribution in [-0.4, -0.2) is 23.4 Å². The molecule has 1 fully saturated rings. The molecule has 4 heteroatoms. The molecule has 19 heavy (non-hydrogen) atoms. The number of rotatable bonds is 4. The van der Waals surface area contributed by atoms with Gasteiger partial charge in [-0.3, -0.25) is 15.1 Å². The molecule has 0 bridgehead atoms. The van der Waals surface area contributed by atoms with E-state index in [0.717, 1.165) is 18.0 Å². The lowest BCUT2D eigenvalue weighted by molar-refractivity contribution is -0.120. The van der Waals surface area contributed by atoms with Gasteiger partial charge in [-0.15, -0.1) is 0 Å². The molecule has 2 atom stereocenters. The fourth-order valence-corrected chi connectivity index (χ4v) is 2.84. The summed E-state index contributed by atoms with van der Waals surface area (Å²) in [4.78, 5) is 13.7. The van der Waals surface area contributed by atoms with Gasteiger partial charge in [0, 0.05) is 19.1 Å². The molecule has 1 saturated heterocycles. The second-order valence-electron chi connectivity index (χ2n) is 5.68. The summed E-state index contributed by atoms with van der Waals surface area (Å²) in [5.74, 6) is 5.72. The van der Waals surface area contributed by atoms with E-state index >= 15 is 0 Å². The van der Waals surface area contributed by atoms with Crippen LogP contribution >= 0.6 is 0 Å². The summed E-state index contributed by atoms with van der Waals surface area (Å²) >= 11 is 0. The Morgan fingerprint density at radius 2 is 1.95 bits per heavy atom.